The largest absolute Gasteiger partial charge is 0.298 e. The van der Waals surface area contributed by atoms with E-state index in [9.17, 15) is 9.59 Å². The van der Waals surface area contributed by atoms with Gasteiger partial charge in [0.05, 0.1) is 16.1 Å². The van der Waals surface area contributed by atoms with Gasteiger partial charge >= 0.3 is 0 Å². The van der Waals surface area contributed by atoms with Crippen LogP contribution in [0.2, 0.25) is 5.02 Å². The minimum atomic E-state index is -0.324. The summed E-state index contributed by atoms with van der Waals surface area (Å²) in [6.07, 6.45) is 0.529. The van der Waals surface area contributed by atoms with E-state index in [0.29, 0.717) is 6.29 Å². The van der Waals surface area contributed by atoms with E-state index < -0.39 is 0 Å². The van der Waals surface area contributed by atoms with Crippen molar-refractivity contribution in [2.24, 2.45) is 0 Å². The third-order valence-electron chi connectivity index (χ3n) is 1.78. The number of ketones is 1. The maximum Gasteiger partial charge on any atom is 0.162 e. The molecule has 1 aromatic rings. The van der Waals surface area contributed by atoms with Crippen molar-refractivity contribution < 1.29 is 9.59 Å². The Balaban J connectivity index is 3.61. The van der Waals surface area contributed by atoms with Crippen molar-refractivity contribution >= 4 is 23.7 Å². The van der Waals surface area contributed by atoms with Crippen LogP contribution in [0.3, 0.4) is 0 Å². The molecule has 0 amide bonds. The van der Waals surface area contributed by atoms with Gasteiger partial charge < -0.3 is 0 Å². The number of hydrogen-bond donors (Lipinski definition) is 0. The molecule has 70 valence electrons. The van der Waals surface area contributed by atoms with Crippen LogP contribution in [0.1, 0.15) is 33.2 Å². The molecule has 0 aliphatic carbocycles. The van der Waals surface area contributed by atoms with Crippen molar-refractivity contribution in [3.63, 3.8) is 0 Å². The summed E-state index contributed by atoms with van der Waals surface area (Å²) in [6, 6.07) is 4.65. The Morgan fingerprint density at radius 2 is 2.21 bits per heavy atom. The first-order valence-corrected chi connectivity index (χ1v) is 4.18. The van der Waals surface area contributed by atoms with Crippen LogP contribution in [0.5, 0.6) is 0 Å². The third kappa shape index (κ3) is 1.66. The van der Waals surface area contributed by atoms with E-state index in [1.807, 2.05) is 0 Å². The predicted octanol–water partition coefficient (Wildman–Crippen LogP) is 2.23. The Morgan fingerprint density at radius 1 is 1.57 bits per heavy atom. The van der Waals surface area contributed by atoms with Gasteiger partial charge in [-0.1, -0.05) is 11.6 Å². The van der Waals surface area contributed by atoms with E-state index in [4.69, 9.17) is 16.9 Å². The highest BCUT2D eigenvalue weighted by Gasteiger charge is 2.15. The smallest absolute Gasteiger partial charge is 0.162 e. The Morgan fingerprint density at radius 3 is 2.64 bits per heavy atom. The van der Waals surface area contributed by atoms with E-state index in [2.05, 4.69) is 0 Å². The molecular weight excluding hydrogens is 202 g/mol. The van der Waals surface area contributed by atoms with Gasteiger partial charge in [-0.2, -0.15) is 5.26 Å². The number of aldehydes is 1. The lowest BCUT2D eigenvalue weighted by molar-refractivity contribution is 0.101. The molecule has 0 aliphatic rings. The molecule has 0 radical (unpaired) electrons. The topological polar surface area (TPSA) is 57.9 Å². The van der Waals surface area contributed by atoms with Crippen LogP contribution in [-0.2, 0) is 0 Å². The van der Waals surface area contributed by atoms with Gasteiger partial charge in [0.15, 0.2) is 12.1 Å². The fourth-order valence-corrected chi connectivity index (χ4v) is 1.45. The highest BCUT2D eigenvalue weighted by atomic mass is 35.5. The summed E-state index contributed by atoms with van der Waals surface area (Å²) in [5.41, 5.74) is 0.334. The number of carbonyl (C=O) groups excluding carboxylic acids is 2. The first-order chi connectivity index (χ1) is 6.61. The second kappa shape index (κ2) is 4.03. The van der Waals surface area contributed by atoms with Crippen LogP contribution in [0.4, 0.5) is 0 Å². The molecule has 0 bridgehead atoms. The molecule has 0 spiro atoms. The molecule has 0 unspecified atom stereocenters. The summed E-state index contributed by atoms with van der Waals surface area (Å²) in [5.74, 6) is -0.324. The highest BCUT2D eigenvalue weighted by molar-refractivity contribution is 6.34. The quantitative estimate of drug-likeness (QED) is 0.552. The molecule has 0 heterocycles. The average Bonchev–Trinajstić information content (AvgIpc) is 2.16. The lowest BCUT2D eigenvalue weighted by Gasteiger charge is -2.04. The van der Waals surface area contributed by atoms with E-state index in [1.54, 1.807) is 6.07 Å². The van der Waals surface area contributed by atoms with Crippen LogP contribution in [0.15, 0.2) is 12.1 Å². The van der Waals surface area contributed by atoms with Crippen molar-refractivity contribution in [1.82, 2.24) is 0 Å². The Bertz CT molecular complexity index is 446. The monoisotopic (exact) mass is 207 g/mol. The molecule has 4 heteroatoms. The summed E-state index contributed by atoms with van der Waals surface area (Å²) in [5, 5.41) is 8.98. The number of Topliss-reactive ketones (excluding diaryl/α,β-unsaturated/α-hetero) is 1. The van der Waals surface area contributed by atoms with Gasteiger partial charge in [0, 0.05) is 5.56 Å². The summed E-state index contributed by atoms with van der Waals surface area (Å²) >= 11 is 5.74. The highest BCUT2D eigenvalue weighted by Crippen LogP contribution is 2.22. The zero-order valence-corrected chi connectivity index (χ0v) is 8.13. The van der Waals surface area contributed by atoms with Gasteiger partial charge in [0.1, 0.15) is 6.07 Å². The van der Waals surface area contributed by atoms with E-state index in [0.717, 1.165) is 0 Å². The van der Waals surface area contributed by atoms with Crippen LogP contribution in [-0.4, -0.2) is 12.1 Å². The predicted molar refractivity (Wildman–Crippen MR) is 51.6 cm³/mol. The average molecular weight is 208 g/mol. The molecule has 0 fully saturated rings. The summed E-state index contributed by atoms with van der Waals surface area (Å²) in [4.78, 5) is 21.7. The van der Waals surface area contributed by atoms with Crippen molar-refractivity contribution in [1.29, 1.82) is 5.26 Å². The molecular formula is C10H6ClNO2. The SMILES string of the molecule is CC(=O)c1c(Cl)ccc(C=O)c1C#N. The molecule has 0 N–H and O–H groups in total. The minimum absolute atomic E-state index is 0.0417. The Labute approximate surface area is 85.9 Å². The van der Waals surface area contributed by atoms with Crippen LogP contribution >= 0.6 is 11.6 Å². The fourth-order valence-electron chi connectivity index (χ4n) is 1.16. The lowest BCUT2D eigenvalue weighted by atomic mass is 10.0. The minimum Gasteiger partial charge on any atom is -0.298 e. The van der Waals surface area contributed by atoms with Crippen molar-refractivity contribution in [2.45, 2.75) is 6.92 Å². The standard InChI is InChI=1S/C10H6ClNO2/c1-6(14)10-8(4-12)7(5-13)2-3-9(10)11/h2-3,5H,1H3. The van der Waals surface area contributed by atoms with Crippen LogP contribution < -0.4 is 0 Å². The zero-order valence-electron chi connectivity index (χ0n) is 7.37. The number of halogens is 1. The van der Waals surface area contributed by atoms with Gasteiger partial charge in [0.25, 0.3) is 0 Å². The maximum absolute atomic E-state index is 11.2. The maximum atomic E-state index is 11.2. The third-order valence-corrected chi connectivity index (χ3v) is 2.09. The number of hydrogen-bond acceptors (Lipinski definition) is 3. The van der Waals surface area contributed by atoms with E-state index in [-0.39, 0.29) is 27.5 Å². The molecule has 0 atom stereocenters. The number of carbonyl (C=O) groups is 2. The Hall–Kier alpha value is -1.66. The summed E-state index contributed by atoms with van der Waals surface area (Å²) in [6.45, 7) is 1.30. The molecule has 0 aliphatic heterocycles. The molecule has 3 nitrogen and oxygen atoms in total. The number of nitrogens with zero attached hydrogens (tertiary/aromatic N) is 1. The van der Waals surface area contributed by atoms with Gasteiger partial charge in [0.2, 0.25) is 0 Å². The summed E-state index contributed by atoms with van der Waals surface area (Å²) in [7, 11) is 0. The lowest BCUT2D eigenvalue weighted by Crippen LogP contribution is -2.01. The first-order valence-electron chi connectivity index (χ1n) is 3.80. The van der Waals surface area contributed by atoms with Crippen molar-refractivity contribution in [3.05, 3.63) is 33.8 Å². The first kappa shape index (κ1) is 10.4. The fraction of sp³-hybridized carbons (Fsp3) is 0.100. The molecule has 0 saturated heterocycles. The van der Waals surface area contributed by atoms with Gasteiger partial charge in [-0.25, -0.2) is 0 Å². The number of nitriles is 1. The van der Waals surface area contributed by atoms with Gasteiger partial charge in [-0.3, -0.25) is 9.59 Å². The number of rotatable bonds is 2. The molecule has 0 saturated carbocycles. The van der Waals surface area contributed by atoms with E-state index in [1.165, 1.54) is 19.1 Å². The molecule has 14 heavy (non-hydrogen) atoms. The zero-order chi connectivity index (χ0) is 10.7. The van der Waals surface area contributed by atoms with Gasteiger partial charge in [-0.15, -0.1) is 0 Å². The second-order valence-electron chi connectivity index (χ2n) is 2.67. The second-order valence-corrected chi connectivity index (χ2v) is 3.08. The Kier molecular flexibility index (Phi) is 3.00. The van der Waals surface area contributed by atoms with Crippen molar-refractivity contribution in [2.75, 3.05) is 0 Å². The van der Waals surface area contributed by atoms with Crippen LogP contribution in [0.25, 0.3) is 0 Å². The molecule has 1 aromatic carbocycles. The van der Waals surface area contributed by atoms with Crippen LogP contribution in [0, 0.1) is 11.3 Å². The van der Waals surface area contributed by atoms with Crippen molar-refractivity contribution in [3.8, 4) is 6.07 Å². The van der Waals surface area contributed by atoms with E-state index >= 15 is 0 Å². The normalized spacial score (nSPS) is 9.21. The van der Waals surface area contributed by atoms with Gasteiger partial charge in [-0.05, 0) is 19.1 Å². The summed E-state index contributed by atoms with van der Waals surface area (Å²) < 4.78 is 0. The number of benzene rings is 1. The molecule has 1 rings (SSSR count). The molecule has 0 aromatic heterocycles.